The summed E-state index contributed by atoms with van der Waals surface area (Å²) in [6.07, 6.45) is 0. The number of likely N-dealkylation sites (N-methyl/N-ethyl adjacent to an activating group) is 1. The molecule has 1 saturated heterocycles. The van der Waals surface area contributed by atoms with Gasteiger partial charge in [-0.1, -0.05) is 23.2 Å². The third-order valence-corrected chi connectivity index (χ3v) is 3.84. The largest absolute Gasteiger partial charge is 0.478 e. The number of aromatic carboxylic acids is 1. The van der Waals surface area contributed by atoms with Crippen LogP contribution in [0.3, 0.4) is 0 Å². The van der Waals surface area contributed by atoms with Crippen molar-refractivity contribution in [3.05, 3.63) is 27.7 Å². The molecule has 2 rings (SSSR count). The maximum atomic E-state index is 12.3. The van der Waals surface area contributed by atoms with Crippen molar-refractivity contribution < 1.29 is 19.4 Å². The highest BCUT2D eigenvalue weighted by Gasteiger charge is 2.33. The van der Waals surface area contributed by atoms with Gasteiger partial charge in [0.1, 0.15) is 0 Å². The van der Waals surface area contributed by atoms with Gasteiger partial charge in [-0.05, 0) is 19.2 Å². The molecule has 0 bridgehead atoms. The van der Waals surface area contributed by atoms with E-state index in [1.165, 1.54) is 12.1 Å². The van der Waals surface area contributed by atoms with Crippen LogP contribution in [0.5, 0.6) is 0 Å². The number of nitrogens with one attached hydrogen (secondary N) is 2. The van der Waals surface area contributed by atoms with Crippen molar-refractivity contribution in [2.75, 3.05) is 25.6 Å². The minimum absolute atomic E-state index is 0.0420. The fourth-order valence-electron chi connectivity index (χ4n) is 2.18. The lowest BCUT2D eigenvalue weighted by molar-refractivity contribution is -0.120. The maximum Gasteiger partial charge on any atom is 0.337 e. The molecule has 8 heteroatoms. The van der Waals surface area contributed by atoms with E-state index in [2.05, 4.69) is 10.6 Å². The van der Waals surface area contributed by atoms with Crippen molar-refractivity contribution in [2.45, 2.75) is 6.04 Å². The number of carbonyl (C=O) groups is 2. The van der Waals surface area contributed by atoms with Gasteiger partial charge in [0.15, 0.2) is 0 Å². The fraction of sp³-hybridized carbons (Fsp3) is 0.385. The number of carboxylic acids is 1. The molecule has 2 unspecified atom stereocenters. The van der Waals surface area contributed by atoms with Crippen LogP contribution in [0, 0.1) is 5.92 Å². The Balaban J connectivity index is 2.27. The van der Waals surface area contributed by atoms with Gasteiger partial charge in [-0.2, -0.15) is 0 Å². The number of halogens is 2. The van der Waals surface area contributed by atoms with Crippen LogP contribution < -0.4 is 10.6 Å². The highest BCUT2D eigenvalue weighted by atomic mass is 35.5. The number of carboxylic acid groups (broad SMARTS) is 1. The van der Waals surface area contributed by atoms with Gasteiger partial charge in [0.25, 0.3) is 0 Å². The van der Waals surface area contributed by atoms with Gasteiger partial charge >= 0.3 is 5.97 Å². The summed E-state index contributed by atoms with van der Waals surface area (Å²) in [5.74, 6) is -1.98. The van der Waals surface area contributed by atoms with Crippen LogP contribution in [0.4, 0.5) is 5.69 Å². The second-order valence-corrected chi connectivity index (χ2v) is 5.49. The van der Waals surface area contributed by atoms with Crippen LogP contribution in [0.25, 0.3) is 0 Å². The average molecular weight is 333 g/mol. The molecule has 6 nitrogen and oxygen atoms in total. The molecule has 3 N–H and O–H groups in total. The molecular weight excluding hydrogens is 319 g/mol. The van der Waals surface area contributed by atoms with E-state index >= 15 is 0 Å². The Morgan fingerprint density at radius 1 is 1.33 bits per heavy atom. The van der Waals surface area contributed by atoms with Crippen LogP contribution in [0.2, 0.25) is 10.0 Å². The number of hydrogen-bond acceptors (Lipinski definition) is 4. The molecule has 21 heavy (non-hydrogen) atoms. The molecule has 0 aromatic heterocycles. The predicted octanol–water partition coefficient (Wildman–Crippen LogP) is 1.86. The molecule has 0 aliphatic carbocycles. The van der Waals surface area contributed by atoms with Crippen LogP contribution >= 0.6 is 23.2 Å². The van der Waals surface area contributed by atoms with E-state index in [1.54, 1.807) is 7.05 Å². The summed E-state index contributed by atoms with van der Waals surface area (Å²) in [6, 6.07) is 2.50. The van der Waals surface area contributed by atoms with Gasteiger partial charge in [0, 0.05) is 11.1 Å². The monoisotopic (exact) mass is 332 g/mol. The van der Waals surface area contributed by atoms with Gasteiger partial charge < -0.3 is 20.5 Å². The van der Waals surface area contributed by atoms with Gasteiger partial charge in [0.05, 0.1) is 35.4 Å². The molecule has 1 aromatic carbocycles. The lowest BCUT2D eigenvalue weighted by Gasteiger charge is -2.18. The topological polar surface area (TPSA) is 87.7 Å². The standard InChI is InChI=1S/C13H14Cl2N2O4/c1-16-10-5-21-4-8(10)12(18)17-11-7(13(19)20)2-6(14)3-9(11)15/h2-3,8,10,16H,4-5H2,1H3,(H,17,18)(H,19,20). The lowest BCUT2D eigenvalue weighted by Crippen LogP contribution is -2.39. The summed E-state index contributed by atoms with van der Waals surface area (Å²) in [6.45, 7) is 0.694. The van der Waals surface area contributed by atoms with Crippen molar-refractivity contribution in [3.8, 4) is 0 Å². The molecule has 0 radical (unpaired) electrons. The van der Waals surface area contributed by atoms with Gasteiger partial charge in [-0.15, -0.1) is 0 Å². The van der Waals surface area contributed by atoms with Crippen LogP contribution in [0.1, 0.15) is 10.4 Å². The third kappa shape index (κ3) is 3.47. The fourth-order valence-corrected chi connectivity index (χ4v) is 2.72. The molecule has 1 fully saturated rings. The first-order valence-electron chi connectivity index (χ1n) is 6.22. The second kappa shape index (κ2) is 6.62. The molecule has 2 atom stereocenters. The first kappa shape index (κ1) is 16.0. The van der Waals surface area contributed by atoms with Crippen molar-refractivity contribution >= 4 is 40.8 Å². The number of hydrogen-bond donors (Lipinski definition) is 3. The minimum atomic E-state index is -1.22. The summed E-state index contributed by atoms with van der Waals surface area (Å²) >= 11 is 11.8. The first-order valence-corrected chi connectivity index (χ1v) is 6.97. The molecule has 0 saturated carbocycles. The Labute approximate surface area is 131 Å². The van der Waals surface area contributed by atoms with E-state index < -0.39 is 11.9 Å². The van der Waals surface area contributed by atoms with Crippen molar-refractivity contribution in [3.63, 3.8) is 0 Å². The van der Waals surface area contributed by atoms with Gasteiger partial charge in [-0.25, -0.2) is 4.79 Å². The number of carbonyl (C=O) groups excluding carboxylic acids is 1. The molecule has 114 valence electrons. The Morgan fingerprint density at radius 2 is 2.05 bits per heavy atom. The van der Waals surface area contributed by atoms with Gasteiger partial charge in [-0.3, -0.25) is 4.79 Å². The molecule has 1 aromatic rings. The van der Waals surface area contributed by atoms with Crippen LogP contribution in [-0.4, -0.2) is 43.3 Å². The normalized spacial score (nSPS) is 21.3. The molecule has 1 aliphatic heterocycles. The van der Waals surface area contributed by atoms with Crippen molar-refractivity contribution in [1.29, 1.82) is 0 Å². The zero-order chi connectivity index (χ0) is 15.6. The second-order valence-electron chi connectivity index (χ2n) is 4.64. The number of rotatable bonds is 4. The summed E-state index contributed by atoms with van der Waals surface area (Å²) < 4.78 is 5.25. The highest BCUT2D eigenvalue weighted by Crippen LogP contribution is 2.31. The molecule has 1 amide bonds. The highest BCUT2D eigenvalue weighted by molar-refractivity contribution is 6.37. The van der Waals surface area contributed by atoms with E-state index in [1.807, 2.05) is 0 Å². The number of benzene rings is 1. The van der Waals surface area contributed by atoms with Crippen LogP contribution in [-0.2, 0) is 9.53 Å². The van der Waals surface area contributed by atoms with E-state index in [9.17, 15) is 14.7 Å². The average Bonchev–Trinajstić information content (AvgIpc) is 2.89. The zero-order valence-corrected chi connectivity index (χ0v) is 12.7. The zero-order valence-electron chi connectivity index (χ0n) is 11.2. The third-order valence-electron chi connectivity index (χ3n) is 3.32. The summed E-state index contributed by atoms with van der Waals surface area (Å²) in [5, 5.41) is 15.0. The van der Waals surface area contributed by atoms with E-state index in [-0.39, 0.29) is 39.9 Å². The van der Waals surface area contributed by atoms with E-state index in [0.717, 1.165) is 0 Å². The molecule has 1 aliphatic rings. The summed E-state index contributed by atoms with van der Waals surface area (Å²) in [5.41, 5.74) is -0.110. The Kier molecular flexibility index (Phi) is 5.05. The first-order chi connectivity index (χ1) is 9.93. The van der Waals surface area contributed by atoms with Crippen LogP contribution in [0.15, 0.2) is 12.1 Å². The number of amides is 1. The Morgan fingerprint density at radius 3 is 2.67 bits per heavy atom. The molecule has 1 heterocycles. The van der Waals surface area contributed by atoms with Gasteiger partial charge in [0.2, 0.25) is 5.91 Å². The minimum Gasteiger partial charge on any atom is -0.478 e. The molecular formula is C13H14Cl2N2O4. The smallest absolute Gasteiger partial charge is 0.337 e. The Hall–Kier alpha value is -1.34. The molecule has 0 spiro atoms. The number of ether oxygens (including phenoxy) is 1. The van der Waals surface area contributed by atoms with E-state index in [4.69, 9.17) is 27.9 Å². The van der Waals surface area contributed by atoms with Crippen molar-refractivity contribution in [2.24, 2.45) is 5.92 Å². The summed E-state index contributed by atoms with van der Waals surface area (Å²) in [7, 11) is 1.73. The number of anilines is 1. The quantitative estimate of drug-likeness (QED) is 0.783. The maximum absolute atomic E-state index is 12.3. The SMILES string of the molecule is CNC1COCC1C(=O)Nc1c(Cl)cc(Cl)cc1C(=O)O. The predicted molar refractivity (Wildman–Crippen MR) is 79.2 cm³/mol. The van der Waals surface area contributed by atoms with E-state index in [0.29, 0.717) is 6.61 Å². The lowest BCUT2D eigenvalue weighted by atomic mass is 10.0. The Bertz CT molecular complexity index is 580. The summed E-state index contributed by atoms with van der Waals surface area (Å²) in [4.78, 5) is 23.5. The van der Waals surface area contributed by atoms with Crippen molar-refractivity contribution in [1.82, 2.24) is 5.32 Å².